The number of carbonyl (C=O) groups is 2. The average Bonchev–Trinajstić information content (AvgIpc) is 3.11. The first-order chi connectivity index (χ1) is 14.5. The van der Waals surface area contributed by atoms with E-state index < -0.39 is 0 Å². The smallest absolute Gasteiger partial charge is 0.274 e. The summed E-state index contributed by atoms with van der Waals surface area (Å²) in [5, 5.41) is 6.06. The Morgan fingerprint density at radius 3 is 2.60 bits per heavy atom. The monoisotopic (exact) mass is 407 g/mol. The highest BCUT2D eigenvalue weighted by atomic mass is 16.2. The van der Waals surface area contributed by atoms with Gasteiger partial charge in [0.2, 0.25) is 5.91 Å². The summed E-state index contributed by atoms with van der Waals surface area (Å²) in [6.07, 6.45) is 2.72. The Bertz CT molecular complexity index is 1010. The predicted molar refractivity (Wildman–Crippen MR) is 117 cm³/mol. The Labute approximate surface area is 177 Å². The Balaban J connectivity index is 1.76. The maximum Gasteiger partial charge on any atom is 0.274 e. The number of hydrogen-bond acceptors (Lipinski definition) is 4. The molecule has 158 valence electrons. The molecule has 0 aliphatic rings. The normalized spacial score (nSPS) is 10.9. The van der Waals surface area contributed by atoms with Crippen LogP contribution >= 0.6 is 0 Å². The fraction of sp³-hybridized carbons (Fsp3) is 0.348. The molecular formula is C23H29N5O2. The van der Waals surface area contributed by atoms with Gasteiger partial charge in [0.05, 0.1) is 5.69 Å². The minimum absolute atomic E-state index is 0.0573. The Kier molecular flexibility index (Phi) is 7.19. The molecule has 0 saturated carbocycles. The second kappa shape index (κ2) is 10.0. The van der Waals surface area contributed by atoms with Crippen LogP contribution in [0.25, 0.3) is 5.65 Å². The molecule has 7 nitrogen and oxygen atoms in total. The van der Waals surface area contributed by atoms with Crippen LogP contribution in [-0.4, -0.2) is 52.8 Å². The van der Waals surface area contributed by atoms with Crippen LogP contribution in [0.3, 0.4) is 0 Å². The van der Waals surface area contributed by atoms with Gasteiger partial charge in [-0.15, -0.1) is 0 Å². The SMILES string of the molecule is CC(=O)NCCNCc1c(C(=O)N(C)CCc2ccccc2)nc2c(C)cccn12. The molecule has 0 aliphatic carbocycles. The van der Waals surface area contributed by atoms with Gasteiger partial charge in [-0.05, 0) is 30.5 Å². The van der Waals surface area contributed by atoms with Crippen LogP contribution in [0.4, 0.5) is 0 Å². The fourth-order valence-electron chi connectivity index (χ4n) is 3.35. The molecule has 3 rings (SSSR count). The van der Waals surface area contributed by atoms with E-state index in [0.717, 1.165) is 23.3 Å². The predicted octanol–water partition coefficient (Wildman–Crippen LogP) is 2.18. The van der Waals surface area contributed by atoms with Crippen molar-refractivity contribution < 1.29 is 9.59 Å². The summed E-state index contributed by atoms with van der Waals surface area (Å²) in [4.78, 5) is 30.6. The van der Waals surface area contributed by atoms with Crippen molar-refractivity contribution in [3.05, 3.63) is 71.2 Å². The number of aromatic nitrogens is 2. The van der Waals surface area contributed by atoms with E-state index in [2.05, 4.69) is 27.8 Å². The molecule has 0 atom stereocenters. The van der Waals surface area contributed by atoms with E-state index in [1.54, 1.807) is 4.90 Å². The highest BCUT2D eigenvalue weighted by molar-refractivity contribution is 5.94. The molecular weight excluding hydrogens is 378 g/mol. The number of rotatable bonds is 9. The number of carbonyl (C=O) groups excluding carboxylic acids is 2. The molecule has 0 unspecified atom stereocenters. The van der Waals surface area contributed by atoms with Crippen LogP contribution in [0, 0.1) is 6.92 Å². The van der Waals surface area contributed by atoms with E-state index in [1.165, 1.54) is 12.5 Å². The molecule has 2 N–H and O–H groups in total. The average molecular weight is 408 g/mol. The first-order valence-corrected chi connectivity index (χ1v) is 10.2. The topological polar surface area (TPSA) is 78.7 Å². The summed E-state index contributed by atoms with van der Waals surface area (Å²) in [5.74, 6) is -0.147. The van der Waals surface area contributed by atoms with E-state index in [1.807, 2.05) is 54.9 Å². The van der Waals surface area contributed by atoms with Crippen molar-refractivity contribution in [3.8, 4) is 0 Å². The van der Waals surface area contributed by atoms with Gasteiger partial charge in [0, 0.05) is 46.3 Å². The highest BCUT2D eigenvalue weighted by Crippen LogP contribution is 2.17. The van der Waals surface area contributed by atoms with Gasteiger partial charge in [0.25, 0.3) is 5.91 Å². The first-order valence-electron chi connectivity index (χ1n) is 10.2. The lowest BCUT2D eigenvalue weighted by molar-refractivity contribution is -0.118. The second-order valence-corrected chi connectivity index (χ2v) is 7.41. The molecule has 0 spiro atoms. The van der Waals surface area contributed by atoms with E-state index in [-0.39, 0.29) is 11.8 Å². The Morgan fingerprint density at radius 2 is 1.87 bits per heavy atom. The molecule has 0 bridgehead atoms. The number of aryl methyl sites for hydroxylation is 1. The number of nitrogens with zero attached hydrogens (tertiary/aromatic N) is 3. The van der Waals surface area contributed by atoms with Crippen LogP contribution in [0.2, 0.25) is 0 Å². The number of likely N-dealkylation sites (N-methyl/N-ethyl adjacent to an activating group) is 1. The van der Waals surface area contributed by atoms with Crippen LogP contribution in [0.5, 0.6) is 0 Å². The number of hydrogen-bond donors (Lipinski definition) is 2. The van der Waals surface area contributed by atoms with Crippen molar-refractivity contribution in [1.29, 1.82) is 0 Å². The van der Waals surface area contributed by atoms with Crippen molar-refractivity contribution in [2.75, 3.05) is 26.7 Å². The number of fused-ring (bicyclic) bond motifs is 1. The zero-order chi connectivity index (χ0) is 21.5. The van der Waals surface area contributed by atoms with E-state index >= 15 is 0 Å². The third-order valence-electron chi connectivity index (χ3n) is 5.04. The quantitative estimate of drug-likeness (QED) is 0.533. The summed E-state index contributed by atoms with van der Waals surface area (Å²) >= 11 is 0. The van der Waals surface area contributed by atoms with Crippen molar-refractivity contribution >= 4 is 17.5 Å². The zero-order valence-electron chi connectivity index (χ0n) is 17.8. The minimum Gasteiger partial charge on any atom is -0.355 e. The van der Waals surface area contributed by atoms with Crippen molar-refractivity contribution in [3.63, 3.8) is 0 Å². The van der Waals surface area contributed by atoms with Crippen LogP contribution < -0.4 is 10.6 Å². The summed E-state index contributed by atoms with van der Waals surface area (Å²) < 4.78 is 1.97. The molecule has 1 aromatic carbocycles. The van der Waals surface area contributed by atoms with Gasteiger partial charge in [-0.25, -0.2) is 4.98 Å². The Morgan fingerprint density at radius 1 is 1.10 bits per heavy atom. The van der Waals surface area contributed by atoms with E-state index in [9.17, 15) is 9.59 Å². The third-order valence-corrected chi connectivity index (χ3v) is 5.04. The van der Waals surface area contributed by atoms with Gasteiger partial charge in [-0.1, -0.05) is 36.4 Å². The summed E-state index contributed by atoms with van der Waals surface area (Å²) in [5.41, 5.74) is 4.29. The van der Waals surface area contributed by atoms with Crippen LogP contribution in [0.15, 0.2) is 48.7 Å². The van der Waals surface area contributed by atoms with Crippen molar-refractivity contribution in [1.82, 2.24) is 24.9 Å². The summed E-state index contributed by atoms with van der Waals surface area (Å²) in [6.45, 7) is 5.73. The fourth-order valence-corrected chi connectivity index (χ4v) is 3.35. The molecule has 2 amide bonds. The van der Waals surface area contributed by atoms with Crippen molar-refractivity contribution in [2.24, 2.45) is 0 Å². The standard InChI is InChI=1S/C23H29N5O2/c1-17-8-7-14-28-20(16-24-12-13-25-18(2)29)21(26-22(17)28)23(30)27(3)15-11-19-9-5-4-6-10-19/h4-10,14,24H,11-13,15-16H2,1-3H3,(H,25,29). The number of imidazole rings is 1. The van der Waals surface area contributed by atoms with Gasteiger partial charge in [0.1, 0.15) is 5.65 Å². The Hall–Kier alpha value is -3.19. The van der Waals surface area contributed by atoms with E-state index in [0.29, 0.717) is 31.9 Å². The van der Waals surface area contributed by atoms with Gasteiger partial charge in [-0.3, -0.25) is 9.59 Å². The number of benzene rings is 1. The first kappa shape index (κ1) is 21.5. The highest BCUT2D eigenvalue weighted by Gasteiger charge is 2.22. The molecule has 0 aliphatic heterocycles. The van der Waals surface area contributed by atoms with Gasteiger partial charge in [0.15, 0.2) is 5.69 Å². The zero-order valence-corrected chi connectivity index (χ0v) is 17.8. The minimum atomic E-state index is -0.0901. The molecule has 0 fully saturated rings. The largest absolute Gasteiger partial charge is 0.355 e. The second-order valence-electron chi connectivity index (χ2n) is 7.41. The molecule has 3 aromatic rings. The van der Waals surface area contributed by atoms with Crippen LogP contribution in [-0.2, 0) is 17.8 Å². The lowest BCUT2D eigenvalue weighted by Gasteiger charge is -2.17. The number of pyridine rings is 1. The molecule has 30 heavy (non-hydrogen) atoms. The molecule has 7 heteroatoms. The lowest BCUT2D eigenvalue weighted by Crippen LogP contribution is -2.32. The maximum atomic E-state index is 13.2. The summed E-state index contributed by atoms with van der Waals surface area (Å²) in [6, 6.07) is 14.1. The molecule has 0 saturated heterocycles. The van der Waals surface area contributed by atoms with E-state index in [4.69, 9.17) is 0 Å². The summed E-state index contributed by atoms with van der Waals surface area (Å²) in [7, 11) is 1.82. The van der Waals surface area contributed by atoms with Gasteiger partial charge < -0.3 is 19.9 Å². The maximum absolute atomic E-state index is 13.2. The molecule has 0 radical (unpaired) electrons. The third kappa shape index (κ3) is 5.24. The van der Waals surface area contributed by atoms with Crippen LogP contribution in [0.1, 0.15) is 34.2 Å². The molecule has 2 heterocycles. The molecule has 2 aromatic heterocycles. The number of amides is 2. The van der Waals surface area contributed by atoms with Gasteiger partial charge >= 0.3 is 0 Å². The lowest BCUT2D eigenvalue weighted by atomic mass is 10.1. The number of nitrogens with one attached hydrogen (secondary N) is 2. The van der Waals surface area contributed by atoms with Gasteiger partial charge in [-0.2, -0.15) is 0 Å². The van der Waals surface area contributed by atoms with Crippen molar-refractivity contribution in [2.45, 2.75) is 26.8 Å².